The maximum Gasteiger partial charge on any atom is 0.192 e. The second-order valence-electron chi connectivity index (χ2n) is 16.0. The molecule has 0 radical (unpaired) electrons. The van der Waals surface area contributed by atoms with Crippen molar-refractivity contribution >= 4 is 0 Å². The molecule has 0 saturated heterocycles. The van der Waals surface area contributed by atoms with E-state index in [2.05, 4.69) is 48.5 Å². The van der Waals surface area contributed by atoms with Crippen LogP contribution in [0.15, 0.2) is 11.5 Å². The van der Waals surface area contributed by atoms with Gasteiger partial charge in [0, 0.05) is 0 Å². The third-order valence-electron chi connectivity index (χ3n) is 14.0. The first-order valence-corrected chi connectivity index (χ1v) is 17.0. The van der Waals surface area contributed by atoms with E-state index in [1.807, 2.05) is 0 Å². The molecule has 41 heavy (non-hydrogen) atoms. The van der Waals surface area contributed by atoms with Gasteiger partial charge >= 0.3 is 0 Å². The highest BCUT2D eigenvalue weighted by molar-refractivity contribution is 5.14. The third-order valence-corrected chi connectivity index (χ3v) is 14.0. The quantitative estimate of drug-likeness (QED) is 0.240. The van der Waals surface area contributed by atoms with Gasteiger partial charge in [-0.1, -0.05) is 61.3 Å². The van der Waals surface area contributed by atoms with Crippen LogP contribution in [0.25, 0.3) is 0 Å². The summed E-state index contributed by atoms with van der Waals surface area (Å²) in [4.78, 5) is 0. The van der Waals surface area contributed by atoms with E-state index in [1.165, 1.54) is 51.4 Å². The molecule has 4 fully saturated rings. The van der Waals surface area contributed by atoms with Crippen molar-refractivity contribution in [3.8, 4) is 0 Å². The Balaban J connectivity index is 1.25. The van der Waals surface area contributed by atoms with Crippen molar-refractivity contribution in [1.29, 1.82) is 0 Å². The molecule has 0 spiro atoms. The molecule has 1 aliphatic heterocycles. The highest BCUT2D eigenvalue weighted by atomic mass is 16.7. The molecule has 4 N–H and O–H groups in total. The molecule has 14 atom stereocenters. The van der Waals surface area contributed by atoms with E-state index in [1.54, 1.807) is 0 Å². The topological polar surface area (TPSA) is 99.4 Å². The van der Waals surface area contributed by atoms with Crippen LogP contribution in [0.3, 0.4) is 0 Å². The van der Waals surface area contributed by atoms with E-state index in [9.17, 15) is 20.4 Å². The Hall–Kier alpha value is -0.820. The number of aliphatic hydroxyl groups excluding tert-OH is 4. The molecule has 5 rings (SSSR count). The monoisotopic (exact) mass is 576 g/mol. The lowest BCUT2D eigenvalue weighted by atomic mass is 9.43. The Morgan fingerprint density at radius 3 is 2.20 bits per heavy atom. The highest BCUT2D eigenvalue weighted by Crippen LogP contribution is 2.69. The van der Waals surface area contributed by atoms with E-state index >= 15 is 0 Å². The molecular weight excluding hydrogens is 516 g/mol. The largest absolute Gasteiger partial charge is 0.506 e. The van der Waals surface area contributed by atoms with Gasteiger partial charge in [-0.3, -0.25) is 0 Å². The van der Waals surface area contributed by atoms with Gasteiger partial charge in [-0.25, -0.2) is 0 Å². The van der Waals surface area contributed by atoms with Gasteiger partial charge in [0.1, 0.15) is 6.10 Å². The van der Waals surface area contributed by atoms with Crippen molar-refractivity contribution in [1.82, 2.24) is 0 Å². The lowest BCUT2D eigenvalue weighted by molar-refractivity contribution is -0.268. The van der Waals surface area contributed by atoms with Crippen LogP contribution in [0, 0.1) is 64.1 Å². The average Bonchev–Trinajstić information content (AvgIpc) is 3.30. The molecule has 5 aliphatic rings. The zero-order valence-corrected chi connectivity index (χ0v) is 26.9. The molecule has 236 valence electrons. The molecule has 4 aliphatic carbocycles. The molecule has 0 aromatic heterocycles. The smallest absolute Gasteiger partial charge is 0.192 e. The van der Waals surface area contributed by atoms with Crippen molar-refractivity contribution < 1.29 is 29.9 Å². The van der Waals surface area contributed by atoms with E-state index < -0.39 is 36.6 Å². The zero-order valence-electron chi connectivity index (χ0n) is 26.9. The standard InChI is InChI=1S/C35H60O6/c1-19(2)20(3)8-9-21(4)24-12-13-26-23-10-11-25-22(5)28(15-17-35(25,7)27(23)14-16-34(24,26)6)40-33-32(39)31(38)30(37)29(18-36)41-33/h19-29,32-33,36-39H,8-18H2,1-7H3. The number of hydrogen-bond acceptors (Lipinski definition) is 6. The van der Waals surface area contributed by atoms with Crippen LogP contribution in [0.1, 0.15) is 113 Å². The lowest BCUT2D eigenvalue weighted by Gasteiger charge is -2.63. The Bertz CT molecular complexity index is 949. The fraction of sp³-hybridized carbons (Fsp3) is 0.943. The van der Waals surface area contributed by atoms with Crippen LogP contribution in [0.4, 0.5) is 0 Å². The van der Waals surface area contributed by atoms with Gasteiger partial charge in [-0.15, -0.1) is 0 Å². The van der Waals surface area contributed by atoms with Crippen molar-refractivity contribution in [3.05, 3.63) is 11.5 Å². The van der Waals surface area contributed by atoms with Gasteiger partial charge < -0.3 is 29.9 Å². The maximum atomic E-state index is 10.5. The fourth-order valence-corrected chi connectivity index (χ4v) is 11.1. The first-order chi connectivity index (χ1) is 19.3. The molecule has 6 nitrogen and oxygen atoms in total. The average molecular weight is 577 g/mol. The molecule has 1 heterocycles. The first kappa shape index (κ1) is 31.6. The van der Waals surface area contributed by atoms with Crippen LogP contribution in [-0.2, 0) is 9.47 Å². The molecule has 0 aromatic rings. The summed E-state index contributed by atoms with van der Waals surface area (Å²) in [6.07, 6.45) is 9.19. The predicted molar refractivity (Wildman–Crippen MR) is 161 cm³/mol. The van der Waals surface area contributed by atoms with E-state index in [0.717, 1.165) is 54.3 Å². The normalized spacial score (nSPS) is 48.0. The highest BCUT2D eigenvalue weighted by Gasteiger charge is 2.62. The first-order valence-electron chi connectivity index (χ1n) is 17.0. The number of fused-ring (bicyclic) bond motifs is 5. The Labute approximate surface area is 249 Å². The summed E-state index contributed by atoms with van der Waals surface area (Å²) in [5.41, 5.74) is 0.801. The predicted octanol–water partition coefficient (Wildman–Crippen LogP) is 7.39. The van der Waals surface area contributed by atoms with Gasteiger partial charge in [0.05, 0.1) is 12.7 Å². The number of aliphatic hydroxyl groups is 4. The Morgan fingerprint density at radius 2 is 1.51 bits per heavy atom. The Morgan fingerprint density at radius 1 is 0.854 bits per heavy atom. The van der Waals surface area contributed by atoms with Crippen LogP contribution in [-0.4, -0.2) is 51.6 Å². The summed E-state index contributed by atoms with van der Waals surface area (Å²) in [6.45, 7) is 16.8. The molecule has 4 saturated carbocycles. The molecule has 0 amide bonds. The third kappa shape index (κ3) is 5.40. The van der Waals surface area contributed by atoms with Gasteiger partial charge in [-0.2, -0.15) is 0 Å². The van der Waals surface area contributed by atoms with Gasteiger partial charge in [0.15, 0.2) is 23.9 Å². The van der Waals surface area contributed by atoms with Crippen molar-refractivity contribution in [3.63, 3.8) is 0 Å². The van der Waals surface area contributed by atoms with Gasteiger partial charge in [-0.05, 0) is 115 Å². The Kier molecular flexibility index (Phi) is 9.20. The minimum absolute atomic E-state index is 0.0875. The van der Waals surface area contributed by atoms with Gasteiger partial charge in [0.25, 0.3) is 0 Å². The fourth-order valence-electron chi connectivity index (χ4n) is 11.1. The molecule has 0 bridgehead atoms. The summed E-state index contributed by atoms with van der Waals surface area (Å²) in [7, 11) is 0. The van der Waals surface area contributed by atoms with Crippen LogP contribution >= 0.6 is 0 Å². The summed E-state index contributed by atoms with van der Waals surface area (Å²) in [6, 6.07) is 0. The van der Waals surface area contributed by atoms with E-state index in [4.69, 9.17) is 9.47 Å². The van der Waals surface area contributed by atoms with E-state index in [0.29, 0.717) is 22.7 Å². The summed E-state index contributed by atoms with van der Waals surface area (Å²) >= 11 is 0. The summed E-state index contributed by atoms with van der Waals surface area (Å²) in [5.74, 6) is 5.56. The number of hydrogen-bond donors (Lipinski definition) is 4. The van der Waals surface area contributed by atoms with Crippen molar-refractivity contribution in [2.75, 3.05) is 6.61 Å². The zero-order chi connectivity index (χ0) is 29.9. The SMILES string of the molecule is CC(C)C(C)CCC(C)C1CCC2C3CCC4C(C)C(OC5OC(CO)C(O)=C(O)C5O)CCC4(C)C3CCC12C. The summed E-state index contributed by atoms with van der Waals surface area (Å²) < 4.78 is 12.0. The number of ether oxygens (including phenoxy) is 2. The second kappa shape index (κ2) is 11.9. The van der Waals surface area contributed by atoms with Crippen molar-refractivity contribution in [2.24, 2.45) is 64.1 Å². The van der Waals surface area contributed by atoms with Crippen LogP contribution in [0.2, 0.25) is 0 Å². The van der Waals surface area contributed by atoms with Crippen LogP contribution in [0.5, 0.6) is 0 Å². The lowest BCUT2D eigenvalue weighted by Crippen LogP contribution is -2.57. The number of rotatable bonds is 8. The summed E-state index contributed by atoms with van der Waals surface area (Å²) in [5, 5.41) is 40.3. The van der Waals surface area contributed by atoms with Crippen LogP contribution < -0.4 is 0 Å². The van der Waals surface area contributed by atoms with Crippen molar-refractivity contribution in [2.45, 2.75) is 137 Å². The molecule has 14 unspecified atom stereocenters. The van der Waals surface area contributed by atoms with E-state index in [-0.39, 0.29) is 6.10 Å². The maximum absolute atomic E-state index is 10.5. The van der Waals surface area contributed by atoms with Gasteiger partial charge in [0.2, 0.25) is 0 Å². The minimum Gasteiger partial charge on any atom is -0.506 e. The minimum atomic E-state index is -1.45. The second-order valence-corrected chi connectivity index (χ2v) is 16.0. The molecule has 6 heteroatoms. The molecule has 0 aromatic carbocycles. The molecular formula is C35H60O6.